The van der Waals surface area contributed by atoms with E-state index < -0.39 is 0 Å². The molecule has 2 aliphatic carbocycles. The van der Waals surface area contributed by atoms with Gasteiger partial charge >= 0.3 is 5.97 Å². The van der Waals surface area contributed by atoms with Crippen molar-refractivity contribution in [2.24, 2.45) is 17.3 Å². The van der Waals surface area contributed by atoms with E-state index in [9.17, 15) is 4.79 Å². The van der Waals surface area contributed by atoms with Gasteiger partial charge in [0.2, 0.25) is 0 Å². The van der Waals surface area contributed by atoms with Crippen molar-refractivity contribution in [1.29, 1.82) is 0 Å². The highest BCUT2D eigenvalue weighted by Crippen LogP contribution is 2.52. The standard InChI is InChI=1S/C21H28O3/c1-15-7-8-17-13-18(20(22)23-3)5-4-6-19(17)21(15,2)11-9-16-10-12-24-14-16/h5,8,10,12,14-15,19H,4,6-7,9,11,13H2,1-3H3. The van der Waals surface area contributed by atoms with Crippen molar-refractivity contribution in [3.63, 3.8) is 0 Å². The molecule has 0 N–H and O–H groups in total. The second-order valence-electron chi connectivity index (χ2n) is 7.58. The van der Waals surface area contributed by atoms with Gasteiger partial charge in [0.15, 0.2) is 0 Å². The first-order chi connectivity index (χ1) is 11.5. The first-order valence-electron chi connectivity index (χ1n) is 9.02. The molecule has 0 saturated carbocycles. The van der Waals surface area contributed by atoms with Gasteiger partial charge in [-0.25, -0.2) is 4.79 Å². The lowest BCUT2D eigenvalue weighted by molar-refractivity contribution is -0.136. The predicted molar refractivity (Wildman–Crippen MR) is 94.4 cm³/mol. The van der Waals surface area contributed by atoms with E-state index in [1.807, 2.05) is 6.26 Å². The predicted octanol–water partition coefficient (Wildman–Crippen LogP) is 5.08. The second-order valence-corrected chi connectivity index (χ2v) is 7.58. The van der Waals surface area contributed by atoms with E-state index in [2.05, 4.69) is 32.1 Å². The highest BCUT2D eigenvalue weighted by molar-refractivity contribution is 5.89. The number of rotatable bonds is 4. The number of allylic oxidation sites excluding steroid dienone is 3. The number of methoxy groups -OCH3 is 1. The molecule has 0 aromatic carbocycles. The summed E-state index contributed by atoms with van der Waals surface area (Å²) in [4.78, 5) is 12.0. The molecule has 3 atom stereocenters. The Balaban J connectivity index is 1.79. The fourth-order valence-electron chi connectivity index (χ4n) is 4.49. The normalized spacial score (nSPS) is 30.0. The highest BCUT2D eigenvalue weighted by atomic mass is 16.5. The fraction of sp³-hybridized carbons (Fsp3) is 0.571. The molecule has 1 aromatic heterocycles. The Bertz CT molecular complexity index is 638. The van der Waals surface area contributed by atoms with E-state index in [1.54, 1.807) is 6.26 Å². The molecule has 0 saturated heterocycles. The molecule has 0 spiro atoms. The van der Waals surface area contributed by atoms with E-state index in [-0.39, 0.29) is 11.4 Å². The van der Waals surface area contributed by atoms with Crippen LogP contribution in [0.5, 0.6) is 0 Å². The van der Waals surface area contributed by atoms with Gasteiger partial charge in [-0.2, -0.15) is 0 Å². The zero-order valence-corrected chi connectivity index (χ0v) is 15.0. The molecule has 24 heavy (non-hydrogen) atoms. The van der Waals surface area contributed by atoms with Gasteiger partial charge in [0.1, 0.15) is 0 Å². The molecule has 1 heterocycles. The molecule has 3 rings (SSSR count). The minimum Gasteiger partial charge on any atom is -0.472 e. The number of ether oxygens (including phenoxy) is 1. The van der Waals surface area contributed by atoms with Crippen LogP contribution in [0.25, 0.3) is 0 Å². The zero-order chi connectivity index (χ0) is 17.2. The number of furan rings is 1. The summed E-state index contributed by atoms with van der Waals surface area (Å²) in [5.74, 6) is 1.03. The van der Waals surface area contributed by atoms with Crippen molar-refractivity contribution < 1.29 is 13.9 Å². The smallest absolute Gasteiger partial charge is 0.333 e. The summed E-state index contributed by atoms with van der Waals surface area (Å²) in [5, 5.41) is 0. The number of esters is 1. The molecule has 0 radical (unpaired) electrons. The van der Waals surface area contributed by atoms with Gasteiger partial charge in [0.25, 0.3) is 0 Å². The van der Waals surface area contributed by atoms with Crippen LogP contribution in [-0.2, 0) is 16.0 Å². The molecule has 3 heteroatoms. The average molecular weight is 328 g/mol. The van der Waals surface area contributed by atoms with Crippen molar-refractivity contribution in [2.45, 2.75) is 52.4 Å². The Morgan fingerprint density at radius 2 is 2.25 bits per heavy atom. The molecule has 0 amide bonds. The summed E-state index contributed by atoms with van der Waals surface area (Å²) in [5.41, 5.74) is 3.82. The summed E-state index contributed by atoms with van der Waals surface area (Å²) in [6, 6.07) is 2.07. The lowest BCUT2D eigenvalue weighted by Gasteiger charge is -2.47. The highest BCUT2D eigenvalue weighted by Gasteiger charge is 2.43. The lowest BCUT2D eigenvalue weighted by atomic mass is 9.58. The average Bonchev–Trinajstić information content (AvgIpc) is 3.01. The molecule has 130 valence electrons. The third kappa shape index (κ3) is 3.22. The molecule has 3 nitrogen and oxygen atoms in total. The molecule has 3 unspecified atom stereocenters. The quantitative estimate of drug-likeness (QED) is 0.571. The first-order valence-corrected chi connectivity index (χ1v) is 9.02. The van der Waals surface area contributed by atoms with Gasteiger partial charge < -0.3 is 9.15 Å². The zero-order valence-electron chi connectivity index (χ0n) is 15.0. The Morgan fingerprint density at radius 3 is 2.96 bits per heavy atom. The van der Waals surface area contributed by atoms with Crippen molar-refractivity contribution in [1.82, 2.24) is 0 Å². The molecule has 0 aliphatic heterocycles. The molecule has 2 aliphatic rings. The van der Waals surface area contributed by atoms with Crippen LogP contribution < -0.4 is 0 Å². The lowest BCUT2D eigenvalue weighted by Crippen LogP contribution is -2.38. The van der Waals surface area contributed by atoms with Crippen LogP contribution >= 0.6 is 0 Å². The van der Waals surface area contributed by atoms with Crippen molar-refractivity contribution in [3.05, 3.63) is 47.5 Å². The number of aryl methyl sites for hydroxylation is 1. The summed E-state index contributed by atoms with van der Waals surface area (Å²) in [7, 11) is 1.47. The number of fused-ring (bicyclic) bond motifs is 1. The number of carbonyl (C=O) groups excluding carboxylic acids is 1. The number of hydrogen-bond acceptors (Lipinski definition) is 3. The van der Waals surface area contributed by atoms with Gasteiger partial charge in [-0.3, -0.25) is 0 Å². The van der Waals surface area contributed by atoms with E-state index in [0.29, 0.717) is 11.8 Å². The fourth-order valence-corrected chi connectivity index (χ4v) is 4.49. The SMILES string of the molecule is COC(=O)C1=CCCC2C(=CCC(C)C2(C)CCc2ccoc2)C1. The van der Waals surface area contributed by atoms with Crippen LogP contribution in [0.2, 0.25) is 0 Å². The Kier molecular flexibility index (Phi) is 4.98. The second kappa shape index (κ2) is 7.00. The van der Waals surface area contributed by atoms with Gasteiger partial charge in [0, 0.05) is 12.0 Å². The first kappa shape index (κ1) is 17.1. The van der Waals surface area contributed by atoms with Gasteiger partial charge in [0.05, 0.1) is 19.6 Å². The summed E-state index contributed by atoms with van der Waals surface area (Å²) >= 11 is 0. The van der Waals surface area contributed by atoms with Crippen molar-refractivity contribution in [2.75, 3.05) is 7.11 Å². The van der Waals surface area contributed by atoms with E-state index in [4.69, 9.17) is 9.15 Å². The summed E-state index contributed by atoms with van der Waals surface area (Å²) in [6.07, 6.45) is 14.2. The maximum absolute atomic E-state index is 12.0. The Labute approximate surface area is 144 Å². The Hall–Kier alpha value is -1.77. The van der Waals surface area contributed by atoms with E-state index in [1.165, 1.54) is 18.2 Å². The van der Waals surface area contributed by atoms with E-state index in [0.717, 1.165) is 44.1 Å². The van der Waals surface area contributed by atoms with Crippen LogP contribution in [0, 0.1) is 17.3 Å². The number of hydrogen-bond donors (Lipinski definition) is 0. The Morgan fingerprint density at radius 1 is 1.42 bits per heavy atom. The molecule has 0 bridgehead atoms. The van der Waals surface area contributed by atoms with Crippen molar-refractivity contribution in [3.8, 4) is 0 Å². The molecular formula is C21H28O3. The monoisotopic (exact) mass is 328 g/mol. The minimum atomic E-state index is -0.171. The van der Waals surface area contributed by atoms with Crippen LogP contribution in [0.3, 0.4) is 0 Å². The van der Waals surface area contributed by atoms with Crippen LogP contribution in [0.4, 0.5) is 0 Å². The van der Waals surface area contributed by atoms with Crippen LogP contribution in [0.15, 0.2) is 46.3 Å². The maximum Gasteiger partial charge on any atom is 0.333 e. The van der Waals surface area contributed by atoms with Crippen LogP contribution in [0.1, 0.15) is 51.5 Å². The summed E-state index contributed by atoms with van der Waals surface area (Å²) in [6.45, 7) is 4.82. The minimum absolute atomic E-state index is 0.171. The summed E-state index contributed by atoms with van der Waals surface area (Å²) < 4.78 is 10.2. The maximum atomic E-state index is 12.0. The largest absolute Gasteiger partial charge is 0.472 e. The van der Waals surface area contributed by atoms with Crippen LogP contribution in [-0.4, -0.2) is 13.1 Å². The molecular weight excluding hydrogens is 300 g/mol. The third-order valence-corrected chi connectivity index (χ3v) is 6.32. The van der Waals surface area contributed by atoms with Gasteiger partial charge in [-0.1, -0.05) is 31.6 Å². The van der Waals surface area contributed by atoms with E-state index >= 15 is 0 Å². The van der Waals surface area contributed by atoms with Crippen molar-refractivity contribution >= 4 is 5.97 Å². The third-order valence-electron chi connectivity index (χ3n) is 6.32. The molecule has 1 aromatic rings. The van der Waals surface area contributed by atoms with Gasteiger partial charge in [-0.15, -0.1) is 0 Å². The number of carbonyl (C=O) groups is 1. The van der Waals surface area contributed by atoms with Gasteiger partial charge in [-0.05, 0) is 61.0 Å². The molecule has 0 fully saturated rings. The topological polar surface area (TPSA) is 39.4 Å².